The number of halogens is 4. The van der Waals surface area contributed by atoms with Crippen molar-refractivity contribution in [2.45, 2.75) is 12.8 Å². The number of anilines is 1. The lowest BCUT2D eigenvalue weighted by Crippen LogP contribution is -2.50. The summed E-state index contributed by atoms with van der Waals surface area (Å²) in [5.74, 6) is 0.523. The number of amides is 1. The predicted octanol–water partition coefficient (Wildman–Crippen LogP) is 2.52. The normalized spacial score (nSPS) is 15.6. The van der Waals surface area contributed by atoms with E-state index in [1.807, 2.05) is 0 Å². The second kappa shape index (κ2) is 11.2. The van der Waals surface area contributed by atoms with Gasteiger partial charge in [0.15, 0.2) is 0 Å². The van der Waals surface area contributed by atoms with Gasteiger partial charge in [-0.05, 0) is 18.9 Å². The fraction of sp³-hybridized carbons (Fsp3) is 0.571. The van der Waals surface area contributed by atoms with Crippen molar-refractivity contribution in [3.8, 4) is 0 Å². The van der Waals surface area contributed by atoms with Crippen molar-refractivity contribution in [1.82, 2.24) is 10.3 Å². The fourth-order valence-corrected chi connectivity index (χ4v) is 2.82. The molecule has 138 valence electrons. The van der Waals surface area contributed by atoms with Gasteiger partial charge in [0.1, 0.15) is 5.82 Å². The molecule has 1 fully saturated rings. The number of carbonyl (C=O) groups is 1. The number of nitrogens with zero attached hydrogens (tertiary/aromatic N) is 1. The summed E-state index contributed by atoms with van der Waals surface area (Å²) in [4.78, 5) is 16.4. The first-order chi connectivity index (χ1) is 10.6. The molecule has 0 atom stereocenters. The number of pyridine rings is 1. The Labute approximate surface area is 164 Å². The van der Waals surface area contributed by atoms with Crippen molar-refractivity contribution < 1.29 is 9.53 Å². The van der Waals surface area contributed by atoms with Gasteiger partial charge in [-0.1, -0.05) is 23.2 Å². The van der Waals surface area contributed by atoms with Crippen LogP contribution in [0.25, 0.3) is 0 Å². The van der Waals surface area contributed by atoms with E-state index in [4.69, 9.17) is 33.7 Å². The van der Waals surface area contributed by atoms with Gasteiger partial charge in [0.2, 0.25) is 5.91 Å². The maximum Gasteiger partial charge on any atom is 0.227 e. The summed E-state index contributed by atoms with van der Waals surface area (Å²) in [5, 5.41) is 6.89. The molecule has 24 heavy (non-hydrogen) atoms. The van der Waals surface area contributed by atoms with Crippen LogP contribution >= 0.6 is 48.0 Å². The third-order valence-corrected chi connectivity index (χ3v) is 4.33. The van der Waals surface area contributed by atoms with Crippen molar-refractivity contribution in [2.24, 2.45) is 11.1 Å². The maximum atomic E-state index is 12.3. The van der Waals surface area contributed by atoms with Crippen molar-refractivity contribution in [3.63, 3.8) is 0 Å². The van der Waals surface area contributed by atoms with Gasteiger partial charge in [-0.25, -0.2) is 4.98 Å². The van der Waals surface area contributed by atoms with E-state index in [0.29, 0.717) is 61.6 Å². The Bertz CT molecular complexity index is 527. The maximum absolute atomic E-state index is 12.3. The van der Waals surface area contributed by atoms with E-state index in [1.165, 1.54) is 6.20 Å². The second-order valence-corrected chi connectivity index (χ2v) is 6.11. The predicted molar refractivity (Wildman–Crippen MR) is 102 cm³/mol. The third-order valence-electron chi connectivity index (χ3n) is 3.83. The minimum Gasteiger partial charge on any atom is -0.381 e. The van der Waals surface area contributed by atoms with Crippen LogP contribution in [0.15, 0.2) is 12.3 Å². The van der Waals surface area contributed by atoms with E-state index in [2.05, 4.69) is 15.6 Å². The summed E-state index contributed by atoms with van der Waals surface area (Å²) < 4.78 is 5.30. The molecule has 10 heteroatoms. The van der Waals surface area contributed by atoms with Crippen LogP contribution in [-0.4, -0.2) is 43.7 Å². The van der Waals surface area contributed by atoms with Gasteiger partial charge in [0, 0.05) is 39.0 Å². The monoisotopic (exact) mass is 418 g/mol. The van der Waals surface area contributed by atoms with E-state index >= 15 is 0 Å². The number of nitrogens with one attached hydrogen (secondary N) is 2. The Morgan fingerprint density at radius 1 is 1.29 bits per heavy atom. The quantitative estimate of drug-likeness (QED) is 0.616. The van der Waals surface area contributed by atoms with Crippen molar-refractivity contribution >= 4 is 59.7 Å². The van der Waals surface area contributed by atoms with Gasteiger partial charge in [0.05, 0.1) is 15.5 Å². The highest BCUT2D eigenvalue weighted by Crippen LogP contribution is 2.29. The Kier molecular flexibility index (Phi) is 10.9. The van der Waals surface area contributed by atoms with Crippen LogP contribution in [0, 0.1) is 5.41 Å². The summed E-state index contributed by atoms with van der Waals surface area (Å²) in [6.45, 7) is 2.46. The molecular weight excluding hydrogens is 398 g/mol. The van der Waals surface area contributed by atoms with Crippen LogP contribution in [0.1, 0.15) is 12.8 Å². The Balaban J connectivity index is 0.00000264. The van der Waals surface area contributed by atoms with Crippen LogP contribution in [-0.2, 0) is 9.53 Å². The number of carbonyl (C=O) groups excluding carboxylic acids is 1. The molecule has 0 unspecified atom stereocenters. The number of hydrogen-bond acceptors (Lipinski definition) is 5. The molecule has 0 aromatic carbocycles. The molecule has 1 aliphatic rings. The van der Waals surface area contributed by atoms with Crippen molar-refractivity contribution in [3.05, 3.63) is 22.3 Å². The smallest absolute Gasteiger partial charge is 0.227 e. The molecule has 1 saturated heterocycles. The zero-order valence-electron chi connectivity index (χ0n) is 13.0. The summed E-state index contributed by atoms with van der Waals surface area (Å²) in [5.41, 5.74) is 5.29. The molecule has 0 saturated carbocycles. The highest BCUT2D eigenvalue weighted by Gasteiger charge is 2.38. The lowest BCUT2D eigenvalue weighted by atomic mass is 9.79. The number of hydrogen-bond donors (Lipinski definition) is 3. The average Bonchev–Trinajstić information content (AvgIpc) is 2.53. The molecule has 1 aromatic heterocycles. The van der Waals surface area contributed by atoms with Crippen molar-refractivity contribution in [2.75, 3.05) is 38.2 Å². The first-order valence-corrected chi connectivity index (χ1v) is 7.94. The zero-order valence-corrected chi connectivity index (χ0v) is 16.2. The van der Waals surface area contributed by atoms with E-state index in [9.17, 15) is 4.79 Å². The zero-order chi connectivity index (χ0) is 16.0. The SMILES string of the molecule is Cl.Cl.NCC1(C(=O)NCCNc2ncc(Cl)cc2Cl)CCOCC1. The van der Waals surface area contributed by atoms with E-state index in [-0.39, 0.29) is 30.7 Å². The number of nitrogens with two attached hydrogens (primary N) is 1. The molecule has 0 bridgehead atoms. The van der Waals surface area contributed by atoms with E-state index < -0.39 is 5.41 Å². The lowest BCUT2D eigenvalue weighted by molar-refractivity contribution is -0.135. The van der Waals surface area contributed by atoms with Gasteiger partial charge in [-0.2, -0.15) is 0 Å². The van der Waals surface area contributed by atoms with Crippen LogP contribution in [0.2, 0.25) is 10.0 Å². The molecule has 6 nitrogen and oxygen atoms in total. The first-order valence-electron chi connectivity index (χ1n) is 7.18. The first kappa shape index (κ1) is 23.5. The van der Waals surface area contributed by atoms with E-state index in [1.54, 1.807) is 6.07 Å². The highest BCUT2D eigenvalue weighted by atomic mass is 35.5. The molecular formula is C14H22Cl4N4O2. The minimum atomic E-state index is -0.506. The summed E-state index contributed by atoms with van der Waals surface area (Å²) >= 11 is 11.8. The molecule has 0 spiro atoms. The molecule has 2 heterocycles. The standard InChI is InChI=1S/C14H20Cl2N4O2.2ClH/c15-10-7-11(16)12(20-8-10)18-3-4-19-13(21)14(9-17)1-5-22-6-2-14;;/h7-8H,1-6,9,17H2,(H,18,20)(H,19,21);2*1H. The van der Waals surface area contributed by atoms with Crippen LogP contribution in [0.3, 0.4) is 0 Å². The van der Waals surface area contributed by atoms with Gasteiger partial charge in [-0.15, -0.1) is 24.8 Å². The number of aromatic nitrogens is 1. The fourth-order valence-electron chi connectivity index (χ4n) is 2.38. The largest absolute Gasteiger partial charge is 0.381 e. The molecule has 1 aliphatic heterocycles. The van der Waals surface area contributed by atoms with Crippen LogP contribution in [0.5, 0.6) is 0 Å². The highest BCUT2D eigenvalue weighted by molar-refractivity contribution is 6.35. The van der Waals surface area contributed by atoms with Crippen molar-refractivity contribution in [1.29, 1.82) is 0 Å². The number of rotatable bonds is 6. The minimum absolute atomic E-state index is 0. The summed E-state index contributed by atoms with van der Waals surface area (Å²) in [7, 11) is 0. The molecule has 0 aliphatic carbocycles. The second-order valence-electron chi connectivity index (χ2n) is 5.26. The Hall–Kier alpha value is -0.500. The molecule has 0 radical (unpaired) electrons. The van der Waals surface area contributed by atoms with Gasteiger partial charge in [0.25, 0.3) is 0 Å². The summed E-state index contributed by atoms with van der Waals surface area (Å²) in [6.07, 6.45) is 2.83. The molecule has 4 N–H and O–H groups in total. The van der Waals surface area contributed by atoms with Crippen LogP contribution < -0.4 is 16.4 Å². The average molecular weight is 420 g/mol. The Morgan fingerprint density at radius 2 is 1.96 bits per heavy atom. The number of ether oxygens (including phenoxy) is 1. The van der Waals surface area contributed by atoms with Gasteiger partial charge < -0.3 is 21.1 Å². The Morgan fingerprint density at radius 3 is 2.54 bits per heavy atom. The van der Waals surface area contributed by atoms with Crippen LogP contribution in [0.4, 0.5) is 5.82 Å². The third kappa shape index (κ3) is 6.10. The molecule has 1 aromatic rings. The van der Waals surface area contributed by atoms with Gasteiger partial charge >= 0.3 is 0 Å². The molecule has 1 amide bonds. The topological polar surface area (TPSA) is 89.3 Å². The van der Waals surface area contributed by atoms with Gasteiger partial charge in [-0.3, -0.25) is 4.79 Å². The summed E-state index contributed by atoms with van der Waals surface area (Å²) in [6, 6.07) is 1.61. The molecule has 2 rings (SSSR count). The lowest BCUT2D eigenvalue weighted by Gasteiger charge is -2.34. The van der Waals surface area contributed by atoms with E-state index in [0.717, 1.165) is 0 Å².